The molecule has 0 unspecified atom stereocenters. The van der Waals surface area contributed by atoms with Crippen LogP contribution in [-0.4, -0.2) is 23.1 Å². The standard InChI is InChI=1S/C25H27N3O3/c29-23-15-8-7-14-22(23)27-24(30)16-3-1-2-4-17-25(31)28-26-18-20-12-9-11-19-10-5-6-13-21(19)20/h5-15,18,29H,1-4,16-17H2,(H,27,30)(H,28,31). The highest BCUT2D eigenvalue weighted by atomic mass is 16.3. The molecule has 0 spiro atoms. The van der Waals surface area contributed by atoms with Crippen LogP contribution in [0.2, 0.25) is 0 Å². The number of benzene rings is 3. The molecule has 2 amide bonds. The largest absolute Gasteiger partial charge is 0.506 e. The third-order valence-corrected chi connectivity index (χ3v) is 4.95. The first-order chi connectivity index (χ1) is 15.1. The lowest BCUT2D eigenvalue weighted by molar-refractivity contribution is -0.121. The number of aromatic hydroxyl groups is 1. The van der Waals surface area contributed by atoms with Crippen LogP contribution in [-0.2, 0) is 9.59 Å². The zero-order chi connectivity index (χ0) is 21.9. The van der Waals surface area contributed by atoms with Crippen molar-refractivity contribution in [3.63, 3.8) is 0 Å². The summed E-state index contributed by atoms with van der Waals surface area (Å²) in [6.07, 6.45) is 5.66. The predicted octanol–water partition coefficient (Wildman–Crippen LogP) is 4.97. The molecule has 0 heterocycles. The zero-order valence-corrected chi connectivity index (χ0v) is 17.4. The molecule has 0 aliphatic heterocycles. The van der Waals surface area contributed by atoms with E-state index < -0.39 is 0 Å². The van der Waals surface area contributed by atoms with Crippen LogP contribution in [0, 0.1) is 0 Å². The highest BCUT2D eigenvalue weighted by molar-refractivity contribution is 5.99. The van der Waals surface area contributed by atoms with Gasteiger partial charge < -0.3 is 10.4 Å². The van der Waals surface area contributed by atoms with Crippen molar-refractivity contribution in [1.82, 2.24) is 5.43 Å². The van der Waals surface area contributed by atoms with Gasteiger partial charge in [0.15, 0.2) is 0 Å². The molecular formula is C25H27N3O3. The molecule has 6 nitrogen and oxygen atoms in total. The van der Waals surface area contributed by atoms with Gasteiger partial charge in [0.2, 0.25) is 11.8 Å². The Labute approximate surface area is 182 Å². The second-order valence-corrected chi connectivity index (χ2v) is 7.34. The number of anilines is 1. The Morgan fingerprint density at radius 2 is 1.48 bits per heavy atom. The molecule has 3 rings (SSSR count). The molecule has 0 aliphatic carbocycles. The van der Waals surface area contributed by atoms with E-state index in [2.05, 4.69) is 15.8 Å². The lowest BCUT2D eigenvalue weighted by atomic mass is 10.1. The first-order valence-corrected chi connectivity index (χ1v) is 10.5. The molecule has 3 aromatic rings. The van der Waals surface area contributed by atoms with E-state index >= 15 is 0 Å². The maximum absolute atomic E-state index is 12.0. The molecule has 3 aromatic carbocycles. The Morgan fingerprint density at radius 3 is 2.29 bits per heavy atom. The number of nitrogens with one attached hydrogen (secondary N) is 2. The van der Waals surface area contributed by atoms with Gasteiger partial charge in [0.25, 0.3) is 0 Å². The number of para-hydroxylation sites is 2. The average Bonchev–Trinajstić information content (AvgIpc) is 2.78. The molecular weight excluding hydrogens is 390 g/mol. The normalized spacial score (nSPS) is 11.0. The number of hydrogen-bond donors (Lipinski definition) is 3. The number of nitrogens with zero attached hydrogens (tertiary/aromatic N) is 1. The maximum atomic E-state index is 12.0. The minimum absolute atomic E-state index is 0.0602. The van der Waals surface area contributed by atoms with Crippen LogP contribution in [0.25, 0.3) is 10.8 Å². The van der Waals surface area contributed by atoms with E-state index in [1.54, 1.807) is 24.4 Å². The molecule has 0 radical (unpaired) electrons. The third kappa shape index (κ3) is 6.96. The van der Waals surface area contributed by atoms with Crippen molar-refractivity contribution in [2.24, 2.45) is 5.10 Å². The summed E-state index contributed by atoms with van der Waals surface area (Å²) in [6.45, 7) is 0. The van der Waals surface area contributed by atoms with Crippen LogP contribution in [0.15, 0.2) is 71.8 Å². The number of carbonyl (C=O) groups excluding carboxylic acids is 2. The van der Waals surface area contributed by atoms with Gasteiger partial charge in [-0.05, 0) is 35.7 Å². The zero-order valence-electron chi connectivity index (χ0n) is 17.4. The van der Waals surface area contributed by atoms with Gasteiger partial charge >= 0.3 is 0 Å². The van der Waals surface area contributed by atoms with E-state index in [9.17, 15) is 14.7 Å². The fourth-order valence-electron chi connectivity index (χ4n) is 3.31. The monoisotopic (exact) mass is 417 g/mol. The second kappa shape index (κ2) is 11.5. The molecule has 0 saturated heterocycles. The molecule has 0 bridgehead atoms. The lowest BCUT2D eigenvalue weighted by Crippen LogP contribution is -2.17. The fraction of sp³-hybridized carbons (Fsp3) is 0.240. The highest BCUT2D eigenvalue weighted by Gasteiger charge is 2.06. The molecule has 0 aliphatic rings. The number of amides is 2. The van der Waals surface area contributed by atoms with Crippen LogP contribution in [0.3, 0.4) is 0 Å². The summed E-state index contributed by atoms with van der Waals surface area (Å²) in [5, 5.41) is 18.7. The first kappa shape index (κ1) is 22.0. The topological polar surface area (TPSA) is 90.8 Å². The molecule has 160 valence electrons. The van der Waals surface area contributed by atoms with Crippen molar-refractivity contribution in [1.29, 1.82) is 0 Å². The van der Waals surface area contributed by atoms with Gasteiger partial charge in [-0.2, -0.15) is 5.10 Å². The van der Waals surface area contributed by atoms with Gasteiger partial charge in [0.1, 0.15) is 5.75 Å². The average molecular weight is 418 g/mol. The Balaban J connectivity index is 1.29. The third-order valence-electron chi connectivity index (χ3n) is 4.95. The Morgan fingerprint density at radius 1 is 0.806 bits per heavy atom. The molecule has 0 saturated carbocycles. The summed E-state index contributed by atoms with van der Waals surface area (Å²) in [6, 6.07) is 20.7. The van der Waals surface area contributed by atoms with Crippen molar-refractivity contribution in [2.45, 2.75) is 38.5 Å². The van der Waals surface area contributed by atoms with Crippen molar-refractivity contribution >= 4 is 34.5 Å². The number of phenolic OH excluding ortho intramolecular Hbond substituents is 1. The highest BCUT2D eigenvalue weighted by Crippen LogP contribution is 2.22. The Bertz CT molecular complexity index is 1060. The van der Waals surface area contributed by atoms with Crippen LogP contribution < -0.4 is 10.7 Å². The Hall–Kier alpha value is -3.67. The quantitative estimate of drug-likeness (QED) is 0.188. The van der Waals surface area contributed by atoms with Crippen LogP contribution in [0.5, 0.6) is 5.75 Å². The number of unbranched alkanes of at least 4 members (excludes halogenated alkanes) is 3. The van der Waals surface area contributed by atoms with Crippen molar-refractivity contribution < 1.29 is 14.7 Å². The van der Waals surface area contributed by atoms with E-state index in [4.69, 9.17) is 0 Å². The SMILES string of the molecule is O=C(CCCCCCC(=O)Nc1ccccc1O)NN=Cc1cccc2ccccc12. The number of carbonyl (C=O) groups is 2. The first-order valence-electron chi connectivity index (χ1n) is 10.5. The van der Waals surface area contributed by atoms with Crippen LogP contribution in [0.1, 0.15) is 44.1 Å². The molecule has 0 atom stereocenters. The van der Waals surface area contributed by atoms with E-state index in [-0.39, 0.29) is 17.6 Å². The Kier molecular flexibility index (Phi) is 8.17. The summed E-state index contributed by atoms with van der Waals surface area (Å²) >= 11 is 0. The van der Waals surface area contributed by atoms with Crippen molar-refractivity contribution in [2.75, 3.05) is 5.32 Å². The van der Waals surface area contributed by atoms with Gasteiger partial charge in [-0.25, -0.2) is 5.43 Å². The number of rotatable bonds is 10. The molecule has 0 fully saturated rings. The van der Waals surface area contributed by atoms with Gasteiger partial charge in [-0.3, -0.25) is 9.59 Å². The summed E-state index contributed by atoms with van der Waals surface area (Å²) < 4.78 is 0. The fourth-order valence-corrected chi connectivity index (χ4v) is 3.31. The van der Waals surface area contributed by atoms with Gasteiger partial charge in [0, 0.05) is 18.4 Å². The maximum Gasteiger partial charge on any atom is 0.240 e. The van der Waals surface area contributed by atoms with Gasteiger partial charge in [-0.15, -0.1) is 0 Å². The number of fused-ring (bicyclic) bond motifs is 1. The smallest absolute Gasteiger partial charge is 0.240 e. The van der Waals surface area contributed by atoms with Crippen LogP contribution in [0.4, 0.5) is 5.69 Å². The summed E-state index contributed by atoms with van der Waals surface area (Å²) in [7, 11) is 0. The van der Waals surface area contributed by atoms with Crippen molar-refractivity contribution in [3.05, 3.63) is 72.3 Å². The summed E-state index contributed by atoms with van der Waals surface area (Å²) in [5.74, 6) is -0.180. The molecule has 0 aromatic heterocycles. The number of hydrazone groups is 1. The molecule has 3 N–H and O–H groups in total. The number of hydrogen-bond acceptors (Lipinski definition) is 4. The summed E-state index contributed by atoms with van der Waals surface area (Å²) in [5.41, 5.74) is 3.96. The lowest BCUT2D eigenvalue weighted by Gasteiger charge is -2.06. The minimum atomic E-state index is -0.123. The van der Waals surface area contributed by atoms with E-state index in [0.717, 1.165) is 42.0 Å². The molecule has 31 heavy (non-hydrogen) atoms. The van der Waals surface area contributed by atoms with E-state index in [0.29, 0.717) is 18.5 Å². The van der Waals surface area contributed by atoms with E-state index in [1.807, 2.05) is 42.5 Å². The predicted molar refractivity (Wildman–Crippen MR) is 124 cm³/mol. The van der Waals surface area contributed by atoms with Gasteiger partial charge in [0.05, 0.1) is 11.9 Å². The number of phenols is 1. The van der Waals surface area contributed by atoms with E-state index in [1.165, 1.54) is 6.07 Å². The molecule has 6 heteroatoms. The second-order valence-electron chi connectivity index (χ2n) is 7.34. The van der Waals surface area contributed by atoms with Crippen molar-refractivity contribution in [3.8, 4) is 5.75 Å². The van der Waals surface area contributed by atoms with Gasteiger partial charge in [-0.1, -0.05) is 67.4 Å². The minimum Gasteiger partial charge on any atom is -0.506 e. The summed E-state index contributed by atoms with van der Waals surface area (Å²) in [4.78, 5) is 23.9. The van der Waals surface area contributed by atoms with Crippen LogP contribution >= 0.6 is 0 Å².